The monoisotopic (exact) mass is 335 g/mol. The summed E-state index contributed by atoms with van der Waals surface area (Å²) in [5.41, 5.74) is 0.653. The molecular formula is C14H19Cl2NO2S. The predicted octanol–water partition coefficient (Wildman–Crippen LogP) is 4.03. The molecule has 0 saturated heterocycles. The van der Waals surface area contributed by atoms with E-state index in [2.05, 4.69) is 6.92 Å². The molecule has 1 aliphatic carbocycles. The van der Waals surface area contributed by atoms with Crippen molar-refractivity contribution >= 4 is 33.2 Å². The quantitative estimate of drug-likeness (QED) is 0.705. The summed E-state index contributed by atoms with van der Waals surface area (Å²) in [6, 6.07) is 4.93. The smallest absolute Gasteiger partial charge is 0.207 e. The van der Waals surface area contributed by atoms with Gasteiger partial charge in [0.05, 0.1) is 4.90 Å². The van der Waals surface area contributed by atoms with E-state index in [4.69, 9.17) is 23.2 Å². The van der Waals surface area contributed by atoms with Crippen LogP contribution in [0, 0.1) is 0 Å². The lowest BCUT2D eigenvalue weighted by molar-refractivity contribution is 0.395. The second-order valence-corrected chi connectivity index (χ2v) is 7.65. The van der Waals surface area contributed by atoms with Crippen LogP contribution in [0.2, 0.25) is 5.02 Å². The molecule has 0 aliphatic heterocycles. The normalized spacial score (nSPS) is 15.8. The molecule has 1 fully saturated rings. The van der Waals surface area contributed by atoms with Crippen molar-refractivity contribution in [1.82, 2.24) is 4.31 Å². The van der Waals surface area contributed by atoms with Gasteiger partial charge in [-0.25, -0.2) is 8.42 Å². The Bertz CT molecular complexity index is 571. The van der Waals surface area contributed by atoms with Gasteiger partial charge in [0, 0.05) is 23.5 Å². The van der Waals surface area contributed by atoms with Gasteiger partial charge < -0.3 is 0 Å². The molecule has 0 aromatic heterocycles. The van der Waals surface area contributed by atoms with E-state index in [0.717, 1.165) is 25.7 Å². The molecule has 0 unspecified atom stereocenters. The van der Waals surface area contributed by atoms with E-state index in [1.54, 1.807) is 22.5 Å². The predicted molar refractivity (Wildman–Crippen MR) is 82.8 cm³/mol. The van der Waals surface area contributed by atoms with Crippen LogP contribution >= 0.6 is 23.2 Å². The number of unbranched alkanes of at least 4 members (excludes halogenated alkanes) is 1. The zero-order chi connectivity index (χ0) is 14.8. The first-order chi connectivity index (χ1) is 9.50. The molecule has 0 heterocycles. The fourth-order valence-electron chi connectivity index (χ4n) is 2.12. The summed E-state index contributed by atoms with van der Waals surface area (Å²) in [6.07, 6.45) is 3.77. The van der Waals surface area contributed by atoms with E-state index < -0.39 is 10.0 Å². The largest absolute Gasteiger partial charge is 0.243 e. The van der Waals surface area contributed by atoms with E-state index in [0.29, 0.717) is 22.0 Å². The van der Waals surface area contributed by atoms with Gasteiger partial charge in [0.15, 0.2) is 0 Å². The topological polar surface area (TPSA) is 37.4 Å². The number of nitrogens with zero attached hydrogens (tertiary/aromatic N) is 1. The van der Waals surface area contributed by atoms with Crippen LogP contribution < -0.4 is 0 Å². The fourth-order valence-corrected chi connectivity index (χ4v) is 4.37. The summed E-state index contributed by atoms with van der Waals surface area (Å²) in [4.78, 5) is 0.292. The third-order valence-corrected chi connectivity index (χ3v) is 6.06. The van der Waals surface area contributed by atoms with Gasteiger partial charge in [0.25, 0.3) is 0 Å². The van der Waals surface area contributed by atoms with E-state index in [9.17, 15) is 8.42 Å². The maximum atomic E-state index is 12.7. The first kappa shape index (κ1) is 16.1. The van der Waals surface area contributed by atoms with Crippen molar-refractivity contribution in [3.63, 3.8) is 0 Å². The van der Waals surface area contributed by atoms with Crippen LogP contribution in [0.3, 0.4) is 0 Å². The average molecular weight is 336 g/mol. The number of alkyl halides is 1. The van der Waals surface area contributed by atoms with Crippen molar-refractivity contribution in [2.24, 2.45) is 0 Å². The Morgan fingerprint density at radius 1 is 1.35 bits per heavy atom. The SMILES string of the molecule is CCCCN(C1CC1)S(=O)(=O)c1ccc(Cl)c(CCl)c1. The van der Waals surface area contributed by atoms with Crippen LogP contribution in [-0.4, -0.2) is 25.3 Å². The van der Waals surface area contributed by atoms with E-state index in [1.165, 1.54) is 0 Å². The van der Waals surface area contributed by atoms with Gasteiger partial charge in [-0.15, -0.1) is 11.6 Å². The molecule has 0 bridgehead atoms. The molecule has 0 amide bonds. The Balaban J connectivity index is 2.32. The second-order valence-electron chi connectivity index (χ2n) is 5.09. The first-order valence-electron chi connectivity index (χ1n) is 6.87. The highest BCUT2D eigenvalue weighted by molar-refractivity contribution is 7.89. The Morgan fingerprint density at radius 2 is 2.05 bits per heavy atom. The van der Waals surface area contributed by atoms with Gasteiger partial charge in [0.1, 0.15) is 0 Å². The third-order valence-electron chi connectivity index (χ3n) is 3.45. The lowest BCUT2D eigenvalue weighted by Crippen LogP contribution is -2.34. The molecule has 3 nitrogen and oxygen atoms in total. The maximum Gasteiger partial charge on any atom is 0.243 e. The van der Waals surface area contributed by atoms with Crippen LogP contribution in [0.1, 0.15) is 38.2 Å². The van der Waals surface area contributed by atoms with Crippen molar-refractivity contribution in [1.29, 1.82) is 0 Å². The molecule has 0 spiro atoms. The molecule has 1 aromatic carbocycles. The lowest BCUT2D eigenvalue weighted by Gasteiger charge is -2.22. The van der Waals surface area contributed by atoms with E-state index in [-0.39, 0.29) is 11.9 Å². The Morgan fingerprint density at radius 3 is 2.60 bits per heavy atom. The molecule has 2 rings (SSSR count). The Kier molecular flexibility index (Phi) is 5.35. The highest BCUT2D eigenvalue weighted by Crippen LogP contribution is 2.33. The van der Waals surface area contributed by atoms with E-state index >= 15 is 0 Å². The van der Waals surface area contributed by atoms with Crippen molar-refractivity contribution in [3.8, 4) is 0 Å². The number of hydrogen-bond donors (Lipinski definition) is 0. The Labute approximate surface area is 130 Å². The lowest BCUT2D eigenvalue weighted by atomic mass is 10.2. The molecule has 1 aliphatic rings. The zero-order valence-electron chi connectivity index (χ0n) is 11.5. The fraction of sp³-hybridized carbons (Fsp3) is 0.571. The van der Waals surface area contributed by atoms with Crippen molar-refractivity contribution in [2.75, 3.05) is 6.54 Å². The van der Waals surface area contributed by atoms with Crippen molar-refractivity contribution < 1.29 is 8.42 Å². The van der Waals surface area contributed by atoms with Crippen LogP contribution in [-0.2, 0) is 15.9 Å². The van der Waals surface area contributed by atoms with Crippen LogP contribution in [0.15, 0.2) is 23.1 Å². The minimum absolute atomic E-state index is 0.168. The van der Waals surface area contributed by atoms with Crippen LogP contribution in [0.4, 0.5) is 0 Å². The zero-order valence-corrected chi connectivity index (χ0v) is 13.8. The number of benzene rings is 1. The van der Waals surface area contributed by atoms with Gasteiger partial charge in [-0.2, -0.15) is 4.31 Å². The molecule has 6 heteroatoms. The number of hydrogen-bond acceptors (Lipinski definition) is 2. The Hall–Kier alpha value is -0.290. The van der Waals surface area contributed by atoms with Gasteiger partial charge >= 0.3 is 0 Å². The standard InChI is InChI=1S/C14H19Cl2NO2S/c1-2-3-8-17(12-4-5-12)20(18,19)13-6-7-14(16)11(9-13)10-15/h6-7,9,12H,2-5,8,10H2,1H3. The van der Waals surface area contributed by atoms with E-state index in [1.807, 2.05) is 0 Å². The van der Waals surface area contributed by atoms with Gasteiger partial charge in [0.2, 0.25) is 10.0 Å². The van der Waals surface area contributed by atoms with Crippen molar-refractivity contribution in [2.45, 2.75) is 49.4 Å². The highest BCUT2D eigenvalue weighted by atomic mass is 35.5. The minimum atomic E-state index is -3.44. The van der Waals surface area contributed by atoms with Crippen LogP contribution in [0.5, 0.6) is 0 Å². The average Bonchev–Trinajstić information content (AvgIpc) is 3.24. The van der Waals surface area contributed by atoms with Crippen molar-refractivity contribution in [3.05, 3.63) is 28.8 Å². The summed E-state index contributed by atoms with van der Waals surface area (Å²) < 4.78 is 27.1. The van der Waals surface area contributed by atoms with Gasteiger partial charge in [-0.1, -0.05) is 24.9 Å². The molecule has 0 radical (unpaired) electrons. The molecular weight excluding hydrogens is 317 g/mol. The highest BCUT2D eigenvalue weighted by Gasteiger charge is 2.37. The number of rotatable bonds is 7. The number of halogens is 2. The van der Waals surface area contributed by atoms with Gasteiger partial charge in [-0.05, 0) is 43.0 Å². The molecule has 1 aromatic rings. The first-order valence-corrected chi connectivity index (χ1v) is 9.22. The second kappa shape index (κ2) is 6.65. The summed E-state index contributed by atoms with van der Waals surface area (Å²) in [5, 5.41) is 0.505. The molecule has 20 heavy (non-hydrogen) atoms. The summed E-state index contributed by atoms with van der Waals surface area (Å²) in [5.74, 6) is 0.209. The molecule has 1 saturated carbocycles. The molecule has 0 atom stereocenters. The summed E-state index contributed by atoms with van der Waals surface area (Å²) in [6.45, 7) is 2.65. The van der Waals surface area contributed by atoms with Crippen LogP contribution in [0.25, 0.3) is 0 Å². The number of sulfonamides is 1. The van der Waals surface area contributed by atoms with Gasteiger partial charge in [-0.3, -0.25) is 0 Å². The maximum absolute atomic E-state index is 12.7. The summed E-state index contributed by atoms with van der Waals surface area (Å²) >= 11 is 11.8. The summed E-state index contributed by atoms with van der Waals surface area (Å²) in [7, 11) is -3.44. The molecule has 0 N–H and O–H groups in total. The molecule has 112 valence electrons. The third kappa shape index (κ3) is 3.48. The minimum Gasteiger partial charge on any atom is -0.207 e.